The minimum Gasteiger partial charge on any atom is -0.468 e. The van der Waals surface area contributed by atoms with Crippen molar-refractivity contribution in [2.75, 3.05) is 33.4 Å². The molecule has 0 fully saturated rings. The molecule has 0 aliphatic rings. The van der Waals surface area contributed by atoms with Crippen LogP contribution in [0, 0.1) is 12.3 Å². The summed E-state index contributed by atoms with van der Waals surface area (Å²) in [6.07, 6.45) is 4.43. The minimum absolute atomic E-state index is 0.317. The number of nitrogens with one attached hydrogen (secondary N) is 2. The third kappa shape index (κ3) is 8.73. The SMILES string of the molecule is C#Cc1ccc(C(C(=O)NCC(=O)OC)N(CCO)C(=O)C(CO)NC(=O)OC(C)(C)C)cc1. The van der Waals surface area contributed by atoms with Gasteiger partial charge >= 0.3 is 12.1 Å². The Bertz CT molecular complexity index is 902. The van der Waals surface area contributed by atoms with Gasteiger partial charge in [-0.25, -0.2) is 4.79 Å². The molecule has 0 aliphatic carbocycles. The Morgan fingerprint density at radius 1 is 1.15 bits per heavy atom. The second-order valence-corrected chi connectivity index (χ2v) is 8.10. The van der Waals surface area contributed by atoms with E-state index in [0.717, 1.165) is 12.0 Å². The number of nitrogens with zero attached hydrogens (tertiary/aromatic N) is 1. The summed E-state index contributed by atoms with van der Waals surface area (Å²) in [6, 6.07) is 3.35. The maximum atomic E-state index is 13.3. The summed E-state index contributed by atoms with van der Waals surface area (Å²) in [5.41, 5.74) is -0.0121. The van der Waals surface area contributed by atoms with Crippen molar-refractivity contribution in [2.24, 2.45) is 0 Å². The Labute approximate surface area is 198 Å². The number of alkyl carbamates (subject to hydrolysis) is 1. The van der Waals surface area contributed by atoms with Gasteiger partial charge in [0.1, 0.15) is 24.2 Å². The number of carbonyl (C=O) groups is 4. The van der Waals surface area contributed by atoms with Crippen molar-refractivity contribution in [1.29, 1.82) is 0 Å². The number of hydrogen-bond donors (Lipinski definition) is 4. The smallest absolute Gasteiger partial charge is 0.408 e. The summed E-state index contributed by atoms with van der Waals surface area (Å²) in [5, 5.41) is 24.0. The third-order valence-electron chi connectivity index (χ3n) is 4.38. The zero-order valence-corrected chi connectivity index (χ0v) is 19.7. The summed E-state index contributed by atoms with van der Waals surface area (Å²) < 4.78 is 9.64. The van der Waals surface area contributed by atoms with E-state index in [1.165, 1.54) is 12.1 Å². The summed E-state index contributed by atoms with van der Waals surface area (Å²) in [7, 11) is 1.15. The van der Waals surface area contributed by atoms with Crippen molar-refractivity contribution in [3.63, 3.8) is 0 Å². The van der Waals surface area contributed by atoms with E-state index >= 15 is 0 Å². The maximum Gasteiger partial charge on any atom is 0.408 e. The van der Waals surface area contributed by atoms with Crippen LogP contribution >= 0.6 is 0 Å². The molecule has 0 bridgehead atoms. The van der Waals surface area contributed by atoms with Crippen LogP contribution in [0.25, 0.3) is 0 Å². The zero-order valence-electron chi connectivity index (χ0n) is 19.7. The molecule has 0 heterocycles. The molecule has 2 atom stereocenters. The molecule has 1 aromatic carbocycles. The summed E-state index contributed by atoms with van der Waals surface area (Å²) in [6.45, 7) is 2.77. The maximum absolute atomic E-state index is 13.3. The average molecular weight is 478 g/mol. The standard InChI is InChI=1S/C23H31N3O8/c1-6-15-7-9-16(10-8-15)19(20(30)24-13-18(29)33-5)26(11-12-27)21(31)17(14-28)25-22(32)34-23(2,3)4/h1,7-10,17,19,27-28H,11-14H2,2-5H3,(H,24,30)(H,25,32). The number of terminal acetylenes is 1. The summed E-state index contributed by atoms with van der Waals surface area (Å²) in [4.78, 5) is 51.0. The predicted octanol–water partition coefficient (Wildman–Crippen LogP) is -0.295. The Balaban J connectivity index is 3.33. The molecule has 0 aromatic heterocycles. The van der Waals surface area contributed by atoms with Crippen molar-refractivity contribution in [2.45, 2.75) is 38.5 Å². The van der Waals surface area contributed by atoms with E-state index in [-0.39, 0.29) is 6.54 Å². The molecule has 4 N–H and O–H groups in total. The number of aliphatic hydroxyl groups is 2. The highest BCUT2D eigenvalue weighted by Gasteiger charge is 2.36. The van der Waals surface area contributed by atoms with Crippen LogP contribution in [-0.4, -0.2) is 84.0 Å². The fourth-order valence-electron chi connectivity index (χ4n) is 2.87. The lowest BCUT2D eigenvalue weighted by Gasteiger charge is -2.33. The Morgan fingerprint density at radius 2 is 1.76 bits per heavy atom. The van der Waals surface area contributed by atoms with E-state index in [0.29, 0.717) is 11.1 Å². The lowest BCUT2D eigenvalue weighted by Crippen LogP contribution is -2.55. The van der Waals surface area contributed by atoms with Gasteiger partial charge in [-0.05, 0) is 38.5 Å². The number of esters is 1. The molecule has 1 aromatic rings. The van der Waals surface area contributed by atoms with Crippen LogP contribution in [0.5, 0.6) is 0 Å². The molecule has 186 valence electrons. The van der Waals surface area contributed by atoms with E-state index in [2.05, 4.69) is 21.3 Å². The Hall–Kier alpha value is -3.62. The molecule has 3 amide bonds. The first-order valence-electron chi connectivity index (χ1n) is 10.4. The molecule has 11 nitrogen and oxygen atoms in total. The van der Waals surface area contributed by atoms with Gasteiger partial charge in [0.25, 0.3) is 0 Å². The number of carbonyl (C=O) groups excluding carboxylic acids is 4. The van der Waals surface area contributed by atoms with Gasteiger partial charge in [-0.2, -0.15) is 0 Å². The van der Waals surface area contributed by atoms with Gasteiger partial charge in [-0.1, -0.05) is 18.1 Å². The van der Waals surface area contributed by atoms with Gasteiger partial charge in [-0.3, -0.25) is 14.4 Å². The van der Waals surface area contributed by atoms with Gasteiger partial charge in [0, 0.05) is 12.1 Å². The quantitative estimate of drug-likeness (QED) is 0.265. The number of rotatable bonds is 10. The first-order chi connectivity index (χ1) is 16.0. The van der Waals surface area contributed by atoms with E-state index in [1.807, 2.05) is 0 Å². The van der Waals surface area contributed by atoms with Crippen molar-refractivity contribution < 1.29 is 38.9 Å². The number of ether oxygens (including phenoxy) is 2. The van der Waals surface area contributed by atoms with E-state index in [9.17, 15) is 29.4 Å². The van der Waals surface area contributed by atoms with E-state index in [1.54, 1.807) is 32.9 Å². The number of amides is 3. The third-order valence-corrected chi connectivity index (χ3v) is 4.38. The normalized spacial score (nSPS) is 12.5. The molecule has 0 radical (unpaired) electrons. The van der Waals surface area contributed by atoms with Crippen LogP contribution in [-0.2, 0) is 23.9 Å². The van der Waals surface area contributed by atoms with Crippen molar-refractivity contribution >= 4 is 23.9 Å². The topological polar surface area (TPSA) is 154 Å². The van der Waals surface area contributed by atoms with Crippen LogP contribution in [0.2, 0.25) is 0 Å². The Morgan fingerprint density at radius 3 is 2.24 bits per heavy atom. The number of aliphatic hydroxyl groups excluding tert-OH is 2. The lowest BCUT2D eigenvalue weighted by atomic mass is 10.0. The largest absolute Gasteiger partial charge is 0.468 e. The van der Waals surface area contributed by atoms with Crippen molar-refractivity contribution in [1.82, 2.24) is 15.5 Å². The van der Waals surface area contributed by atoms with Gasteiger partial charge in [-0.15, -0.1) is 6.42 Å². The van der Waals surface area contributed by atoms with Gasteiger partial charge in [0.15, 0.2) is 0 Å². The van der Waals surface area contributed by atoms with Crippen molar-refractivity contribution in [3.8, 4) is 12.3 Å². The number of benzene rings is 1. The molecule has 0 spiro atoms. The van der Waals surface area contributed by atoms with Crippen LogP contribution in [0.15, 0.2) is 24.3 Å². The monoisotopic (exact) mass is 477 g/mol. The zero-order chi connectivity index (χ0) is 25.9. The summed E-state index contributed by atoms with van der Waals surface area (Å²) >= 11 is 0. The first-order valence-corrected chi connectivity index (χ1v) is 10.4. The molecule has 34 heavy (non-hydrogen) atoms. The highest BCUT2D eigenvalue weighted by Crippen LogP contribution is 2.23. The molecule has 11 heteroatoms. The number of methoxy groups -OCH3 is 1. The second-order valence-electron chi connectivity index (χ2n) is 8.10. The predicted molar refractivity (Wildman–Crippen MR) is 121 cm³/mol. The first kappa shape index (κ1) is 28.4. The van der Waals surface area contributed by atoms with Crippen LogP contribution in [0.1, 0.15) is 37.9 Å². The van der Waals surface area contributed by atoms with E-state index in [4.69, 9.17) is 11.2 Å². The number of hydrogen-bond acceptors (Lipinski definition) is 8. The molecule has 0 saturated heterocycles. The lowest BCUT2D eigenvalue weighted by molar-refractivity contribution is -0.145. The van der Waals surface area contributed by atoms with Gasteiger partial charge in [0.2, 0.25) is 11.8 Å². The van der Waals surface area contributed by atoms with Gasteiger partial charge in [0.05, 0.1) is 20.3 Å². The van der Waals surface area contributed by atoms with Crippen LogP contribution < -0.4 is 10.6 Å². The average Bonchev–Trinajstić information content (AvgIpc) is 2.79. The van der Waals surface area contributed by atoms with Gasteiger partial charge < -0.3 is 35.2 Å². The second kappa shape index (κ2) is 13.2. The molecule has 0 aliphatic heterocycles. The summed E-state index contributed by atoms with van der Waals surface area (Å²) in [5.74, 6) is 0.110. The van der Waals surface area contributed by atoms with Crippen molar-refractivity contribution in [3.05, 3.63) is 35.4 Å². The molecule has 0 saturated carbocycles. The molecule has 1 rings (SSSR count). The molecular formula is C23H31N3O8. The highest BCUT2D eigenvalue weighted by atomic mass is 16.6. The minimum atomic E-state index is -1.47. The highest BCUT2D eigenvalue weighted by molar-refractivity contribution is 5.93. The van der Waals surface area contributed by atoms with E-state index < -0.39 is 61.3 Å². The van der Waals surface area contributed by atoms with Crippen LogP contribution in [0.3, 0.4) is 0 Å². The molecule has 2 unspecified atom stereocenters. The van der Waals surface area contributed by atoms with Crippen LogP contribution in [0.4, 0.5) is 4.79 Å². The fraction of sp³-hybridized carbons (Fsp3) is 0.478. The fourth-order valence-corrected chi connectivity index (χ4v) is 2.87. The Kier molecular flexibility index (Phi) is 11.0. The molecular weight excluding hydrogens is 446 g/mol.